The van der Waals surface area contributed by atoms with E-state index in [0.717, 1.165) is 18.8 Å². The zero-order chi connectivity index (χ0) is 24.0. The molecule has 2 nitrogen and oxygen atoms in total. The zero-order valence-corrected chi connectivity index (χ0v) is 22.2. The van der Waals surface area contributed by atoms with Crippen LogP contribution in [0.25, 0.3) is 0 Å². The SMILES string of the molecule is C=C(C)[C@H](CC)CC[C@@H](C)C1=CC[C@H]2C3=CCC4CC(OC(C)=O)CC[C@]4(C)[C@H]3CC[C@]12C. The van der Waals surface area contributed by atoms with E-state index < -0.39 is 0 Å². The van der Waals surface area contributed by atoms with Gasteiger partial charge in [0.2, 0.25) is 0 Å². The van der Waals surface area contributed by atoms with E-state index in [4.69, 9.17) is 4.74 Å². The standard InChI is InChI=1S/C31H48O2/c1-8-23(20(2)3)10-9-21(4)27-13-14-28-26-12-11-24-19-25(33-22(5)32)15-17-30(24,6)29(26)16-18-31(27,28)7/h12-13,21,23-25,28-29H,2,8-11,14-19H2,1,3-7H3/t21-,23-,24?,25?,28+,29+,30+,31-/m1/s1. The molecule has 0 aliphatic heterocycles. The van der Waals surface area contributed by atoms with Gasteiger partial charge in [0.1, 0.15) is 6.10 Å². The number of rotatable bonds is 7. The predicted octanol–water partition coefficient (Wildman–Crippen LogP) is 8.44. The number of carbonyl (C=O) groups is 1. The molecule has 0 spiro atoms. The Balaban J connectivity index is 1.47. The summed E-state index contributed by atoms with van der Waals surface area (Å²) < 4.78 is 5.64. The Bertz CT molecular complexity index is 834. The van der Waals surface area contributed by atoms with E-state index >= 15 is 0 Å². The molecular weight excluding hydrogens is 404 g/mol. The Morgan fingerprint density at radius 2 is 1.88 bits per heavy atom. The second-order valence-corrected chi connectivity index (χ2v) is 12.5. The lowest BCUT2D eigenvalue weighted by molar-refractivity contribution is -0.152. The number of carbonyl (C=O) groups excluding carboxylic acids is 1. The largest absolute Gasteiger partial charge is 0.463 e. The maximum Gasteiger partial charge on any atom is 0.302 e. The quantitative estimate of drug-likeness (QED) is 0.286. The Labute approximate surface area is 203 Å². The highest BCUT2D eigenvalue weighted by molar-refractivity contribution is 5.66. The maximum absolute atomic E-state index is 11.5. The fourth-order valence-electron chi connectivity index (χ4n) is 8.61. The van der Waals surface area contributed by atoms with Crippen molar-refractivity contribution in [1.29, 1.82) is 0 Å². The molecule has 0 heterocycles. The van der Waals surface area contributed by atoms with Crippen molar-refractivity contribution in [3.05, 3.63) is 35.5 Å². The molecule has 33 heavy (non-hydrogen) atoms. The van der Waals surface area contributed by atoms with Crippen LogP contribution in [0.4, 0.5) is 0 Å². The molecule has 8 atom stereocenters. The van der Waals surface area contributed by atoms with E-state index in [2.05, 4.69) is 53.3 Å². The van der Waals surface area contributed by atoms with E-state index in [1.807, 2.05) is 0 Å². The van der Waals surface area contributed by atoms with Crippen molar-refractivity contribution >= 4 is 5.97 Å². The van der Waals surface area contributed by atoms with Crippen LogP contribution in [0.3, 0.4) is 0 Å². The van der Waals surface area contributed by atoms with Gasteiger partial charge in [-0.2, -0.15) is 0 Å². The summed E-state index contributed by atoms with van der Waals surface area (Å²) in [6, 6.07) is 0. The fourth-order valence-corrected chi connectivity index (χ4v) is 8.61. The van der Waals surface area contributed by atoms with Crippen LogP contribution in [0.1, 0.15) is 106 Å². The average molecular weight is 453 g/mol. The van der Waals surface area contributed by atoms with E-state index in [-0.39, 0.29) is 12.1 Å². The second kappa shape index (κ2) is 9.38. The van der Waals surface area contributed by atoms with Gasteiger partial charge in [0.05, 0.1) is 0 Å². The molecule has 2 fully saturated rings. The number of allylic oxidation sites excluding steroid dienone is 5. The molecular formula is C31H48O2. The molecule has 4 aliphatic carbocycles. The molecule has 4 aliphatic rings. The molecule has 0 amide bonds. The predicted molar refractivity (Wildman–Crippen MR) is 138 cm³/mol. The Hall–Kier alpha value is -1.31. The Kier molecular flexibility index (Phi) is 7.05. The Morgan fingerprint density at radius 3 is 2.55 bits per heavy atom. The molecule has 0 aromatic heterocycles. The summed E-state index contributed by atoms with van der Waals surface area (Å²) in [6.07, 6.45) is 17.6. The minimum Gasteiger partial charge on any atom is -0.463 e. The van der Waals surface area contributed by atoms with Crippen molar-refractivity contribution < 1.29 is 9.53 Å². The zero-order valence-electron chi connectivity index (χ0n) is 22.2. The first kappa shape index (κ1) is 24.8. The smallest absolute Gasteiger partial charge is 0.302 e. The third-order valence-corrected chi connectivity index (χ3v) is 10.7. The lowest BCUT2D eigenvalue weighted by Crippen LogP contribution is -2.49. The summed E-state index contributed by atoms with van der Waals surface area (Å²) in [5.41, 5.74) is 5.64. The van der Waals surface area contributed by atoms with E-state index in [1.165, 1.54) is 56.9 Å². The van der Waals surface area contributed by atoms with Crippen molar-refractivity contribution in [2.75, 3.05) is 0 Å². The normalized spacial score (nSPS) is 39.3. The van der Waals surface area contributed by atoms with Crippen LogP contribution >= 0.6 is 0 Å². The van der Waals surface area contributed by atoms with E-state index in [0.29, 0.717) is 34.5 Å². The summed E-state index contributed by atoms with van der Waals surface area (Å²) >= 11 is 0. The number of hydrogen-bond acceptors (Lipinski definition) is 2. The number of hydrogen-bond donors (Lipinski definition) is 0. The highest BCUT2D eigenvalue weighted by Crippen LogP contribution is 2.65. The van der Waals surface area contributed by atoms with Crippen molar-refractivity contribution in [3.63, 3.8) is 0 Å². The first-order valence-corrected chi connectivity index (χ1v) is 13.8. The Morgan fingerprint density at radius 1 is 1.12 bits per heavy atom. The second-order valence-electron chi connectivity index (χ2n) is 12.5. The number of esters is 1. The van der Waals surface area contributed by atoms with Gasteiger partial charge in [0, 0.05) is 6.92 Å². The van der Waals surface area contributed by atoms with Gasteiger partial charge in [-0.3, -0.25) is 4.79 Å². The highest BCUT2D eigenvalue weighted by Gasteiger charge is 2.56. The lowest BCUT2D eigenvalue weighted by Gasteiger charge is -2.57. The van der Waals surface area contributed by atoms with Gasteiger partial charge >= 0.3 is 5.97 Å². The monoisotopic (exact) mass is 452 g/mol. The number of fused-ring (bicyclic) bond motifs is 5. The minimum absolute atomic E-state index is 0.115. The lowest BCUT2D eigenvalue weighted by atomic mass is 9.47. The molecule has 2 unspecified atom stereocenters. The molecule has 184 valence electrons. The highest BCUT2D eigenvalue weighted by atomic mass is 16.5. The van der Waals surface area contributed by atoms with Gasteiger partial charge in [-0.15, -0.1) is 0 Å². The van der Waals surface area contributed by atoms with E-state index in [9.17, 15) is 4.79 Å². The molecule has 0 bridgehead atoms. The van der Waals surface area contributed by atoms with Gasteiger partial charge in [-0.25, -0.2) is 0 Å². The van der Waals surface area contributed by atoms with Crippen LogP contribution in [0.2, 0.25) is 0 Å². The third-order valence-electron chi connectivity index (χ3n) is 10.7. The van der Waals surface area contributed by atoms with Crippen molar-refractivity contribution in [1.82, 2.24) is 0 Å². The molecule has 2 heteroatoms. The molecule has 0 aromatic carbocycles. The molecule has 0 N–H and O–H groups in total. The summed E-state index contributed by atoms with van der Waals surface area (Å²) in [5, 5.41) is 0. The minimum atomic E-state index is -0.115. The molecule has 4 rings (SSSR count). The summed E-state index contributed by atoms with van der Waals surface area (Å²) in [4.78, 5) is 11.5. The van der Waals surface area contributed by atoms with Crippen LogP contribution in [-0.4, -0.2) is 12.1 Å². The molecule has 0 saturated heterocycles. The van der Waals surface area contributed by atoms with Crippen LogP contribution in [0.15, 0.2) is 35.5 Å². The van der Waals surface area contributed by atoms with Gasteiger partial charge in [-0.1, -0.05) is 63.1 Å². The van der Waals surface area contributed by atoms with Crippen LogP contribution in [0.5, 0.6) is 0 Å². The molecule has 0 radical (unpaired) electrons. The van der Waals surface area contributed by atoms with Gasteiger partial charge < -0.3 is 4.74 Å². The average Bonchev–Trinajstić information content (AvgIpc) is 3.11. The van der Waals surface area contributed by atoms with Gasteiger partial charge in [0.25, 0.3) is 0 Å². The van der Waals surface area contributed by atoms with Crippen molar-refractivity contribution in [3.8, 4) is 0 Å². The summed E-state index contributed by atoms with van der Waals surface area (Å²) in [6.45, 7) is 17.9. The first-order valence-electron chi connectivity index (χ1n) is 13.8. The van der Waals surface area contributed by atoms with Gasteiger partial charge in [-0.05, 0) is 112 Å². The third kappa shape index (κ3) is 4.41. The van der Waals surface area contributed by atoms with Crippen molar-refractivity contribution in [2.24, 2.45) is 40.4 Å². The van der Waals surface area contributed by atoms with Crippen molar-refractivity contribution in [2.45, 2.75) is 112 Å². The van der Waals surface area contributed by atoms with Crippen LogP contribution in [-0.2, 0) is 9.53 Å². The fraction of sp³-hybridized carbons (Fsp3) is 0.774. The summed E-state index contributed by atoms with van der Waals surface area (Å²) in [7, 11) is 0. The van der Waals surface area contributed by atoms with Crippen LogP contribution in [0, 0.1) is 40.4 Å². The maximum atomic E-state index is 11.5. The van der Waals surface area contributed by atoms with Crippen LogP contribution < -0.4 is 0 Å². The molecule has 0 aromatic rings. The number of ether oxygens (including phenoxy) is 1. The first-order chi connectivity index (χ1) is 15.6. The van der Waals surface area contributed by atoms with Gasteiger partial charge in [0.15, 0.2) is 0 Å². The summed E-state index contributed by atoms with van der Waals surface area (Å²) in [5.74, 6) is 3.33. The molecule has 2 saturated carbocycles. The topological polar surface area (TPSA) is 26.3 Å². The van der Waals surface area contributed by atoms with E-state index in [1.54, 1.807) is 18.1 Å².